The van der Waals surface area contributed by atoms with E-state index in [1.807, 2.05) is 0 Å². The predicted octanol–water partition coefficient (Wildman–Crippen LogP) is 2.23. The molecule has 1 aliphatic carbocycles. The highest BCUT2D eigenvalue weighted by Gasteiger charge is 2.32. The number of hydrogen-bond acceptors (Lipinski definition) is 2. The summed E-state index contributed by atoms with van der Waals surface area (Å²) in [5, 5.41) is 0. The van der Waals surface area contributed by atoms with E-state index in [9.17, 15) is 0 Å². The fourth-order valence-electron chi connectivity index (χ4n) is 3.34. The molecule has 2 atom stereocenters. The maximum atomic E-state index is 6.16. The number of likely N-dealkylation sites (tertiary alicyclic amines) is 1. The molecule has 88 valence electrons. The molecule has 0 aromatic heterocycles. The van der Waals surface area contributed by atoms with Crippen molar-refractivity contribution in [2.75, 3.05) is 13.1 Å². The van der Waals surface area contributed by atoms with E-state index in [4.69, 9.17) is 5.73 Å². The van der Waals surface area contributed by atoms with Crippen LogP contribution >= 0.6 is 0 Å². The molecule has 0 radical (unpaired) electrons. The van der Waals surface area contributed by atoms with Crippen molar-refractivity contribution in [1.82, 2.24) is 4.90 Å². The third-order valence-corrected chi connectivity index (χ3v) is 4.52. The number of rotatable bonds is 2. The van der Waals surface area contributed by atoms with Crippen LogP contribution in [0.15, 0.2) is 0 Å². The van der Waals surface area contributed by atoms with E-state index in [-0.39, 0.29) is 0 Å². The van der Waals surface area contributed by atoms with Crippen LogP contribution in [-0.4, -0.2) is 30.1 Å². The van der Waals surface area contributed by atoms with Crippen LogP contribution in [0.3, 0.4) is 0 Å². The Balaban J connectivity index is 1.82. The Morgan fingerprint density at radius 2 is 1.73 bits per heavy atom. The van der Waals surface area contributed by atoms with Gasteiger partial charge in [0.25, 0.3) is 0 Å². The first kappa shape index (κ1) is 11.4. The van der Waals surface area contributed by atoms with E-state index < -0.39 is 0 Å². The summed E-state index contributed by atoms with van der Waals surface area (Å²) in [5.74, 6) is 1.82. The zero-order valence-electron chi connectivity index (χ0n) is 10.3. The van der Waals surface area contributed by atoms with Crippen LogP contribution in [0, 0.1) is 11.8 Å². The lowest BCUT2D eigenvalue weighted by atomic mass is 9.86. The van der Waals surface area contributed by atoms with Gasteiger partial charge in [-0.15, -0.1) is 0 Å². The van der Waals surface area contributed by atoms with Gasteiger partial charge >= 0.3 is 0 Å². The van der Waals surface area contributed by atoms with Gasteiger partial charge in [-0.05, 0) is 50.6 Å². The van der Waals surface area contributed by atoms with Gasteiger partial charge < -0.3 is 5.73 Å². The molecule has 1 saturated carbocycles. The Morgan fingerprint density at radius 3 is 2.20 bits per heavy atom. The van der Waals surface area contributed by atoms with E-state index in [0.717, 1.165) is 11.8 Å². The fraction of sp³-hybridized carbons (Fsp3) is 1.00. The molecule has 0 amide bonds. The normalized spacial score (nSPS) is 35.2. The van der Waals surface area contributed by atoms with Crippen molar-refractivity contribution < 1.29 is 0 Å². The molecule has 2 aliphatic rings. The number of nitrogens with zero attached hydrogens (tertiary/aromatic N) is 1. The summed E-state index contributed by atoms with van der Waals surface area (Å²) in [4.78, 5) is 2.66. The molecule has 1 heterocycles. The van der Waals surface area contributed by atoms with E-state index in [0.29, 0.717) is 12.1 Å². The van der Waals surface area contributed by atoms with Gasteiger partial charge in [-0.25, -0.2) is 0 Å². The van der Waals surface area contributed by atoms with Gasteiger partial charge in [0.1, 0.15) is 0 Å². The largest absolute Gasteiger partial charge is 0.326 e. The van der Waals surface area contributed by atoms with Crippen molar-refractivity contribution in [3.05, 3.63) is 0 Å². The lowest BCUT2D eigenvalue weighted by Gasteiger charge is -2.38. The average Bonchev–Trinajstić information content (AvgIpc) is 2.65. The van der Waals surface area contributed by atoms with Crippen molar-refractivity contribution in [3.63, 3.8) is 0 Å². The van der Waals surface area contributed by atoms with Crippen molar-refractivity contribution in [2.24, 2.45) is 17.6 Å². The molecule has 0 spiro atoms. The Labute approximate surface area is 94.2 Å². The second kappa shape index (κ2) is 4.84. The molecule has 0 bridgehead atoms. The lowest BCUT2D eigenvalue weighted by molar-refractivity contribution is 0.109. The fourth-order valence-corrected chi connectivity index (χ4v) is 3.34. The minimum Gasteiger partial charge on any atom is -0.326 e. The van der Waals surface area contributed by atoms with Gasteiger partial charge in [0.05, 0.1) is 0 Å². The summed E-state index contributed by atoms with van der Waals surface area (Å²) < 4.78 is 0. The number of piperidine rings is 1. The zero-order chi connectivity index (χ0) is 10.8. The quantitative estimate of drug-likeness (QED) is 0.757. The Hall–Kier alpha value is -0.0800. The highest BCUT2D eigenvalue weighted by molar-refractivity contribution is 4.90. The van der Waals surface area contributed by atoms with E-state index in [1.54, 1.807) is 0 Å². The second-order valence-electron chi connectivity index (χ2n) is 5.78. The molecule has 2 fully saturated rings. The Bertz CT molecular complexity index is 195. The summed E-state index contributed by atoms with van der Waals surface area (Å²) in [6.07, 6.45) is 6.71. The van der Waals surface area contributed by atoms with Gasteiger partial charge in [-0.1, -0.05) is 20.3 Å². The van der Waals surface area contributed by atoms with Crippen LogP contribution in [-0.2, 0) is 0 Å². The molecule has 1 saturated heterocycles. The van der Waals surface area contributed by atoms with Gasteiger partial charge in [0, 0.05) is 12.1 Å². The summed E-state index contributed by atoms with van der Waals surface area (Å²) in [6, 6.07) is 1.17. The molecule has 1 aliphatic heterocycles. The molecule has 2 unspecified atom stereocenters. The summed E-state index contributed by atoms with van der Waals surface area (Å²) in [5.41, 5.74) is 6.16. The van der Waals surface area contributed by atoms with Gasteiger partial charge in [0.2, 0.25) is 0 Å². The van der Waals surface area contributed by atoms with Crippen LogP contribution in [0.4, 0.5) is 0 Å². The first-order chi connectivity index (χ1) is 7.18. The van der Waals surface area contributed by atoms with E-state index in [2.05, 4.69) is 18.7 Å². The highest BCUT2D eigenvalue weighted by atomic mass is 15.2. The predicted molar refractivity (Wildman–Crippen MR) is 64.7 cm³/mol. The highest BCUT2D eigenvalue weighted by Crippen LogP contribution is 2.29. The SMILES string of the molecule is CC(C)C1CCN(C2CCCC2N)CC1. The Morgan fingerprint density at radius 1 is 1.07 bits per heavy atom. The molecule has 0 aromatic carbocycles. The van der Waals surface area contributed by atoms with Crippen LogP contribution < -0.4 is 5.73 Å². The maximum absolute atomic E-state index is 6.16. The minimum absolute atomic E-state index is 0.459. The summed E-state index contributed by atoms with van der Waals surface area (Å²) >= 11 is 0. The van der Waals surface area contributed by atoms with Crippen LogP contribution in [0.25, 0.3) is 0 Å². The topological polar surface area (TPSA) is 29.3 Å². The molecule has 0 aromatic rings. The van der Waals surface area contributed by atoms with Crippen LogP contribution in [0.2, 0.25) is 0 Å². The van der Waals surface area contributed by atoms with Crippen molar-refractivity contribution in [2.45, 2.75) is 58.0 Å². The second-order valence-corrected chi connectivity index (χ2v) is 5.78. The van der Waals surface area contributed by atoms with Crippen molar-refractivity contribution in [1.29, 1.82) is 0 Å². The minimum atomic E-state index is 0.459. The molecular formula is C13H26N2. The molecular weight excluding hydrogens is 184 g/mol. The molecule has 15 heavy (non-hydrogen) atoms. The number of nitrogens with two attached hydrogens (primary N) is 1. The van der Waals surface area contributed by atoms with Crippen molar-refractivity contribution in [3.8, 4) is 0 Å². The molecule has 2 nitrogen and oxygen atoms in total. The third-order valence-electron chi connectivity index (χ3n) is 4.52. The first-order valence-electron chi connectivity index (χ1n) is 6.68. The summed E-state index contributed by atoms with van der Waals surface area (Å²) in [6.45, 7) is 7.31. The monoisotopic (exact) mass is 210 g/mol. The van der Waals surface area contributed by atoms with Crippen LogP contribution in [0.1, 0.15) is 46.0 Å². The van der Waals surface area contributed by atoms with Gasteiger partial charge in [0.15, 0.2) is 0 Å². The molecule has 2 rings (SSSR count). The lowest BCUT2D eigenvalue weighted by Crippen LogP contribution is -2.48. The number of hydrogen-bond donors (Lipinski definition) is 1. The maximum Gasteiger partial charge on any atom is 0.0247 e. The molecule has 2 N–H and O–H groups in total. The third kappa shape index (κ3) is 2.54. The zero-order valence-corrected chi connectivity index (χ0v) is 10.3. The van der Waals surface area contributed by atoms with Crippen molar-refractivity contribution >= 4 is 0 Å². The Kier molecular flexibility index (Phi) is 3.68. The standard InChI is InChI=1S/C13H26N2/c1-10(2)11-6-8-15(9-7-11)13-5-3-4-12(13)14/h10-13H,3-9,14H2,1-2H3. The smallest absolute Gasteiger partial charge is 0.0247 e. The van der Waals surface area contributed by atoms with Gasteiger partial charge in [-0.3, -0.25) is 4.90 Å². The summed E-state index contributed by atoms with van der Waals surface area (Å²) in [7, 11) is 0. The van der Waals surface area contributed by atoms with Crippen LogP contribution in [0.5, 0.6) is 0 Å². The van der Waals surface area contributed by atoms with E-state index >= 15 is 0 Å². The van der Waals surface area contributed by atoms with E-state index in [1.165, 1.54) is 45.2 Å². The average molecular weight is 210 g/mol. The molecule has 2 heteroatoms. The van der Waals surface area contributed by atoms with Gasteiger partial charge in [-0.2, -0.15) is 0 Å². The first-order valence-corrected chi connectivity index (χ1v) is 6.68.